The minimum absolute atomic E-state index is 0.113. The SMILES string of the molecule is Cc1ncc(CO)c(CNC(C)C(C)CO)c1O. The van der Waals surface area contributed by atoms with Gasteiger partial charge in [-0.1, -0.05) is 6.92 Å². The first-order chi connectivity index (χ1) is 8.51. The number of aliphatic hydroxyl groups is 2. The van der Waals surface area contributed by atoms with E-state index in [1.54, 1.807) is 13.1 Å². The van der Waals surface area contributed by atoms with Crippen LogP contribution in [0.15, 0.2) is 6.20 Å². The molecule has 4 N–H and O–H groups in total. The predicted molar refractivity (Wildman–Crippen MR) is 69.1 cm³/mol. The molecule has 0 saturated heterocycles. The summed E-state index contributed by atoms with van der Waals surface area (Å²) in [6, 6.07) is 0.120. The Hall–Kier alpha value is -1.17. The molecule has 1 aromatic heterocycles. The summed E-state index contributed by atoms with van der Waals surface area (Å²) in [7, 11) is 0. The van der Waals surface area contributed by atoms with E-state index in [0.29, 0.717) is 23.4 Å². The molecule has 1 aromatic rings. The summed E-state index contributed by atoms with van der Waals surface area (Å²) < 4.78 is 0. The third-order valence-corrected chi connectivity index (χ3v) is 3.34. The number of hydrogen-bond acceptors (Lipinski definition) is 5. The molecule has 0 spiro atoms. The highest BCUT2D eigenvalue weighted by atomic mass is 16.3. The second-order valence-electron chi connectivity index (χ2n) is 4.68. The summed E-state index contributed by atoms with van der Waals surface area (Å²) in [5.74, 6) is 0.255. The van der Waals surface area contributed by atoms with Gasteiger partial charge in [-0.15, -0.1) is 0 Å². The molecule has 102 valence electrons. The second kappa shape index (κ2) is 6.68. The molecular weight excluding hydrogens is 232 g/mol. The Kier molecular flexibility index (Phi) is 5.53. The fraction of sp³-hybridized carbons (Fsp3) is 0.615. The lowest BCUT2D eigenvalue weighted by molar-refractivity contribution is 0.206. The van der Waals surface area contributed by atoms with Crippen LogP contribution in [0.3, 0.4) is 0 Å². The van der Waals surface area contributed by atoms with Crippen LogP contribution in [0.4, 0.5) is 0 Å². The molecule has 5 heteroatoms. The van der Waals surface area contributed by atoms with Crippen molar-refractivity contribution in [2.75, 3.05) is 6.61 Å². The molecule has 0 saturated carbocycles. The van der Waals surface area contributed by atoms with Crippen LogP contribution < -0.4 is 5.32 Å². The molecule has 0 fully saturated rings. The minimum atomic E-state index is -0.151. The Morgan fingerprint density at radius 2 is 2.00 bits per heavy atom. The number of aromatic hydroxyl groups is 1. The smallest absolute Gasteiger partial charge is 0.141 e. The first-order valence-corrected chi connectivity index (χ1v) is 6.12. The maximum atomic E-state index is 9.96. The third-order valence-electron chi connectivity index (χ3n) is 3.34. The number of pyridine rings is 1. The van der Waals surface area contributed by atoms with Crippen molar-refractivity contribution in [1.82, 2.24) is 10.3 Å². The fourth-order valence-corrected chi connectivity index (χ4v) is 1.64. The average Bonchev–Trinajstić information content (AvgIpc) is 2.38. The molecule has 0 bridgehead atoms. The fourth-order valence-electron chi connectivity index (χ4n) is 1.64. The summed E-state index contributed by atoms with van der Waals surface area (Å²) in [6.07, 6.45) is 1.58. The molecule has 0 aliphatic heterocycles. The predicted octanol–water partition coefficient (Wildman–Crippen LogP) is 0.694. The largest absolute Gasteiger partial charge is 0.506 e. The van der Waals surface area contributed by atoms with Gasteiger partial charge in [0.1, 0.15) is 5.75 Å². The Balaban J connectivity index is 2.80. The van der Waals surface area contributed by atoms with Crippen LogP contribution in [0, 0.1) is 12.8 Å². The van der Waals surface area contributed by atoms with Crippen molar-refractivity contribution in [2.24, 2.45) is 5.92 Å². The van der Waals surface area contributed by atoms with Gasteiger partial charge in [0, 0.05) is 36.5 Å². The van der Waals surface area contributed by atoms with Gasteiger partial charge in [0.15, 0.2) is 0 Å². The molecule has 0 aliphatic rings. The van der Waals surface area contributed by atoms with Crippen LogP contribution in [-0.4, -0.2) is 33.0 Å². The van der Waals surface area contributed by atoms with E-state index in [-0.39, 0.29) is 30.9 Å². The molecule has 5 nitrogen and oxygen atoms in total. The summed E-state index contributed by atoms with van der Waals surface area (Å²) in [4.78, 5) is 4.01. The number of rotatable bonds is 6. The lowest BCUT2D eigenvalue weighted by atomic mass is 10.0. The van der Waals surface area contributed by atoms with E-state index >= 15 is 0 Å². The number of hydrogen-bond donors (Lipinski definition) is 4. The Morgan fingerprint density at radius 3 is 2.56 bits per heavy atom. The molecule has 1 rings (SSSR count). The van der Waals surface area contributed by atoms with Gasteiger partial charge in [-0.05, 0) is 19.8 Å². The van der Waals surface area contributed by atoms with E-state index in [1.807, 2.05) is 13.8 Å². The Bertz CT molecular complexity index is 396. The third kappa shape index (κ3) is 3.41. The van der Waals surface area contributed by atoms with Crippen LogP contribution in [0.2, 0.25) is 0 Å². The standard InChI is InChI=1S/C13H22N2O3/c1-8(6-16)9(2)15-5-12-11(7-17)4-14-10(3)13(12)18/h4,8-9,15-18H,5-7H2,1-3H3. The molecular formula is C13H22N2O3. The highest BCUT2D eigenvalue weighted by Crippen LogP contribution is 2.23. The molecule has 0 radical (unpaired) electrons. The zero-order valence-electron chi connectivity index (χ0n) is 11.1. The molecule has 0 aliphatic carbocycles. The number of aliphatic hydroxyl groups excluding tert-OH is 2. The highest BCUT2D eigenvalue weighted by Gasteiger charge is 2.14. The Morgan fingerprint density at radius 1 is 1.33 bits per heavy atom. The number of nitrogens with zero attached hydrogens (tertiary/aromatic N) is 1. The monoisotopic (exact) mass is 254 g/mol. The number of aromatic nitrogens is 1. The normalized spacial score (nSPS) is 14.5. The van der Waals surface area contributed by atoms with Crippen molar-refractivity contribution < 1.29 is 15.3 Å². The van der Waals surface area contributed by atoms with E-state index < -0.39 is 0 Å². The maximum Gasteiger partial charge on any atom is 0.141 e. The van der Waals surface area contributed by atoms with Gasteiger partial charge >= 0.3 is 0 Å². The van der Waals surface area contributed by atoms with Crippen LogP contribution in [0.1, 0.15) is 30.7 Å². The van der Waals surface area contributed by atoms with Crippen molar-refractivity contribution in [1.29, 1.82) is 0 Å². The molecule has 2 atom stereocenters. The number of nitrogens with one attached hydrogen (secondary N) is 1. The van der Waals surface area contributed by atoms with E-state index in [4.69, 9.17) is 5.11 Å². The van der Waals surface area contributed by atoms with Crippen molar-refractivity contribution in [3.8, 4) is 5.75 Å². The summed E-state index contributed by atoms with van der Waals surface area (Å²) in [5, 5.41) is 31.5. The topological polar surface area (TPSA) is 85.6 Å². The molecule has 2 unspecified atom stereocenters. The van der Waals surface area contributed by atoms with Crippen molar-refractivity contribution in [3.63, 3.8) is 0 Å². The van der Waals surface area contributed by atoms with Gasteiger partial charge in [-0.2, -0.15) is 0 Å². The summed E-state index contributed by atoms with van der Waals surface area (Å²) in [5.41, 5.74) is 1.84. The van der Waals surface area contributed by atoms with E-state index in [2.05, 4.69) is 10.3 Å². The maximum absolute atomic E-state index is 9.96. The average molecular weight is 254 g/mol. The van der Waals surface area contributed by atoms with E-state index in [9.17, 15) is 10.2 Å². The van der Waals surface area contributed by atoms with Crippen molar-refractivity contribution in [2.45, 2.75) is 40.0 Å². The molecule has 0 aromatic carbocycles. The van der Waals surface area contributed by atoms with Gasteiger partial charge in [-0.3, -0.25) is 4.98 Å². The van der Waals surface area contributed by atoms with Gasteiger partial charge in [0.2, 0.25) is 0 Å². The number of aryl methyl sites for hydroxylation is 1. The van der Waals surface area contributed by atoms with Gasteiger partial charge in [-0.25, -0.2) is 0 Å². The van der Waals surface area contributed by atoms with Crippen LogP contribution >= 0.6 is 0 Å². The van der Waals surface area contributed by atoms with Gasteiger partial charge < -0.3 is 20.6 Å². The molecule has 18 heavy (non-hydrogen) atoms. The summed E-state index contributed by atoms with van der Waals surface area (Å²) >= 11 is 0. The lowest BCUT2D eigenvalue weighted by Gasteiger charge is -2.20. The van der Waals surface area contributed by atoms with Gasteiger partial charge in [0.25, 0.3) is 0 Å². The van der Waals surface area contributed by atoms with Crippen LogP contribution in [0.5, 0.6) is 5.75 Å². The lowest BCUT2D eigenvalue weighted by Crippen LogP contribution is -2.33. The zero-order chi connectivity index (χ0) is 13.7. The second-order valence-corrected chi connectivity index (χ2v) is 4.68. The first kappa shape index (κ1) is 14.9. The highest BCUT2D eigenvalue weighted by molar-refractivity contribution is 5.40. The van der Waals surface area contributed by atoms with Crippen molar-refractivity contribution >= 4 is 0 Å². The van der Waals surface area contributed by atoms with Crippen LogP contribution in [0.25, 0.3) is 0 Å². The van der Waals surface area contributed by atoms with E-state index in [1.165, 1.54) is 0 Å². The van der Waals surface area contributed by atoms with Gasteiger partial charge in [0.05, 0.1) is 12.3 Å². The summed E-state index contributed by atoms with van der Waals surface area (Å²) in [6.45, 7) is 6.05. The minimum Gasteiger partial charge on any atom is -0.506 e. The Labute approximate surface area is 108 Å². The van der Waals surface area contributed by atoms with Crippen LogP contribution in [-0.2, 0) is 13.2 Å². The quantitative estimate of drug-likeness (QED) is 0.600. The molecule has 0 amide bonds. The first-order valence-electron chi connectivity index (χ1n) is 6.12. The molecule has 1 heterocycles. The van der Waals surface area contributed by atoms with E-state index in [0.717, 1.165) is 0 Å². The zero-order valence-corrected chi connectivity index (χ0v) is 11.1. The van der Waals surface area contributed by atoms with Crippen molar-refractivity contribution in [3.05, 3.63) is 23.0 Å².